The first-order valence-electron chi connectivity index (χ1n) is 6.46. The molecular weight excluding hydrogens is 172 g/mol. The van der Waals surface area contributed by atoms with Gasteiger partial charge in [-0.25, -0.2) is 0 Å². The Hall–Kier alpha value is -0.0400. The predicted molar refractivity (Wildman–Crippen MR) is 59.2 cm³/mol. The number of hydrogen-bond donors (Lipinski definition) is 1. The predicted octanol–water partition coefficient (Wildman–Crippen LogP) is 3.51. The molecule has 0 aliphatic heterocycles. The fraction of sp³-hybridized carbons (Fsp3) is 1.00. The molecule has 0 spiro atoms. The third-order valence-electron chi connectivity index (χ3n) is 4.40. The number of aliphatic hydroxyl groups is 1. The molecule has 0 aromatic carbocycles. The van der Waals surface area contributed by atoms with Gasteiger partial charge in [0.2, 0.25) is 0 Å². The average Bonchev–Trinajstić information content (AvgIpc) is 2.17. The first-order chi connectivity index (χ1) is 6.73. The van der Waals surface area contributed by atoms with Crippen LogP contribution in [0, 0.1) is 11.8 Å². The van der Waals surface area contributed by atoms with Crippen molar-refractivity contribution in [3.05, 3.63) is 0 Å². The van der Waals surface area contributed by atoms with Crippen LogP contribution < -0.4 is 0 Å². The maximum absolute atomic E-state index is 10.4. The topological polar surface area (TPSA) is 20.2 Å². The first-order valence-corrected chi connectivity index (χ1v) is 6.46. The average molecular weight is 196 g/mol. The summed E-state index contributed by atoms with van der Waals surface area (Å²) in [6, 6.07) is 0. The fourth-order valence-corrected chi connectivity index (χ4v) is 3.67. The van der Waals surface area contributed by atoms with E-state index < -0.39 is 0 Å². The second-order valence-electron chi connectivity index (χ2n) is 5.52. The van der Waals surface area contributed by atoms with Gasteiger partial charge in [-0.3, -0.25) is 0 Å². The van der Waals surface area contributed by atoms with Crippen molar-refractivity contribution in [2.75, 3.05) is 0 Å². The molecule has 14 heavy (non-hydrogen) atoms. The van der Waals surface area contributed by atoms with E-state index in [0.29, 0.717) is 0 Å². The molecule has 0 aromatic rings. The summed E-state index contributed by atoms with van der Waals surface area (Å²) < 4.78 is 0. The summed E-state index contributed by atoms with van der Waals surface area (Å²) in [6.45, 7) is 2.19. The van der Waals surface area contributed by atoms with Crippen LogP contribution in [0.25, 0.3) is 0 Å². The molecule has 2 saturated carbocycles. The maximum Gasteiger partial charge on any atom is 0.0650 e. The van der Waals surface area contributed by atoms with Gasteiger partial charge in [0.15, 0.2) is 0 Å². The Bertz CT molecular complexity index is 190. The quantitative estimate of drug-likeness (QED) is 0.716. The van der Waals surface area contributed by atoms with Crippen molar-refractivity contribution in [3.8, 4) is 0 Å². The summed E-state index contributed by atoms with van der Waals surface area (Å²) in [5, 5.41) is 10.4. The Morgan fingerprint density at radius 2 is 1.86 bits per heavy atom. The van der Waals surface area contributed by atoms with Crippen LogP contribution in [0.3, 0.4) is 0 Å². The second-order valence-corrected chi connectivity index (χ2v) is 5.52. The monoisotopic (exact) mass is 196 g/mol. The Morgan fingerprint density at radius 3 is 2.57 bits per heavy atom. The molecule has 2 aliphatic carbocycles. The molecule has 0 heterocycles. The van der Waals surface area contributed by atoms with Crippen LogP contribution in [0.15, 0.2) is 0 Å². The molecule has 2 aliphatic rings. The van der Waals surface area contributed by atoms with Crippen molar-refractivity contribution < 1.29 is 5.11 Å². The van der Waals surface area contributed by atoms with Gasteiger partial charge >= 0.3 is 0 Å². The lowest BCUT2D eigenvalue weighted by Crippen LogP contribution is -2.40. The zero-order valence-corrected chi connectivity index (χ0v) is 9.47. The number of hydrogen-bond acceptors (Lipinski definition) is 1. The van der Waals surface area contributed by atoms with Gasteiger partial charge in [-0.05, 0) is 37.5 Å². The van der Waals surface area contributed by atoms with Crippen molar-refractivity contribution >= 4 is 0 Å². The molecule has 0 radical (unpaired) electrons. The van der Waals surface area contributed by atoms with Crippen LogP contribution in [0.4, 0.5) is 0 Å². The molecule has 1 heteroatoms. The highest BCUT2D eigenvalue weighted by molar-refractivity contribution is 4.91. The first kappa shape index (κ1) is 10.5. The molecule has 2 rings (SSSR count). The van der Waals surface area contributed by atoms with E-state index in [9.17, 15) is 5.11 Å². The Kier molecular flexibility index (Phi) is 3.16. The molecule has 0 aromatic heterocycles. The summed E-state index contributed by atoms with van der Waals surface area (Å²) in [4.78, 5) is 0. The molecule has 2 fully saturated rings. The Balaban J connectivity index is 1.94. The van der Waals surface area contributed by atoms with Crippen LogP contribution in [0.2, 0.25) is 0 Å². The van der Waals surface area contributed by atoms with Gasteiger partial charge in [0.1, 0.15) is 0 Å². The van der Waals surface area contributed by atoms with Crippen molar-refractivity contribution in [1.82, 2.24) is 0 Å². The molecule has 1 N–H and O–H groups in total. The molecule has 3 atom stereocenters. The lowest BCUT2D eigenvalue weighted by atomic mass is 9.65. The minimum atomic E-state index is -0.284. The molecule has 0 bridgehead atoms. The number of rotatable bonds is 2. The molecule has 3 unspecified atom stereocenters. The van der Waals surface area contributed by atoms with Crippen LogP contribution in [0.1, 0.15) is 64.7 Å². The van der Waals surface area contributed by atoms with Crippen LogP contribution in [-0.2, 0) is 0 Å². The van der Waals surface area contributed by atoms with Crippen LogP contribution >= 0.6 is 0 Å². The largest absolute Gasteiger partial charge is 0.390 e. The second kappa shape index (κ2) is 4.22. The SMILES string of the molecule is CCCC1(O)CCC2CCCCC2C1. The highest BCUT2D eigenvalue weighted by atomic mass is 16.3. The van der Waals surface area contributed by atoms with Gasteiger partial charge in [-0.2, -0.15) is 0 Å². The molecule has 0 saturated heterocycles. The zero-order chi connectivity index (χ0) is 10.0. The van der Waals surface area contributed by atoms with Crippen molar-refractivity contribution in [2.45, 2.75) is 70.3 Å². The van der Waals surface area contributed by atoms with E-state index in [-0.39, 0.29) is 5.60 Å². The van der Waals surface area contributed by atoms with Gasteiger partial charge in [0.25, 0.3) is 0 Å². The fourth-order valence-electron chi connectivity index (χ4n) is 3.67. The standard InChI is InChI=1S/C13H24O/c1-2-8-13(14)9-7-11-5-3-4-6-12(11)10-13/h11-12,14H,2-10H2,1H3. The summed E-state index contributed by atoms with van der Waals surface area (Å²) in [5.74, 6) is 1.81. The lowest BCUT2D eigenvalue weighted by molar-refractivity contribution is -0.0510. The van der Waals surface area contributed by atoms with Gasteiger partial charge in [-0.15, -0.1) is 0 Å². The lowest BCUT2D eigenvalue weighted by Gasteiger charge is -2.44. The molecule has 82 valence electrons. The van der Waals surface area contributed by atoms with E-state index in [2.05, 4.69) is 6.92 Å². The summed E-state index contributed by atoms with van der Waals surface area (Å²) in [6.07, 6.45) is 11.3. The van der Waals surface area contributed by atoms with E-state index in [0.717, 1.165) is 37.5 Å². The van der Waals surface area contributed by atoms with Crippen LogP contribution in [-0.4, -0.2) is 10.7 Å². The Labute approximate surface area is 87.9 Å². The number of fused-ring (bicyclic) bond motifs is 1. The summed E-state index contributed by atoms with van der Waals surface area (Å²) in [7, 11) is 0. The smallest absolute Gasteiger partial charge is 0.0650 e. The minimum absolute atomic E-state index is 0.284. The van der Waals surface area contributed by atoms with Crippen molar-refractivity contribution in [3.63, 3.8) is 0 Å². The van der Waals surface area contributed by atoms with Gasteiger partial charge in [0, 0.05) is 0 Å². The Morgan fingerprint density at radius 1 is 1.14 bits per heavy atom. The van der Waals surface area contributed by atoms with Gasteiger partial charge < -0.3 is 5.11 Å². The highest BCUT2D eigenvalue weighted by Crippen LogP contribution is 2.45. The third kappa shape index (κ3) is 2.13. The third-order valence-corrected chi connectivity index (χ3v) is 4.40. The van der Waals surface area contributed by atoms with Gasteiger partial charge in [-0.1, -0.05) is 39.0 Å². The summed E-state index contributed by atoms with van der Waals surface area (Å²) >= 11 is 0. The van der Waals surface area contributed by atoms with E-state index in [1.165, 1.54) is 32.1 Å². The van der Waals surface area contributed by atoms with E-state index in [4.69, 9.17) is 0 Å². The normalized spacial score (nSPS) is 43.3. The molecule has 0 amide bonds. The molecular formula is C13H24O. The van der Waals surface area contributed by atoms with E-state index in [1.54, 1.807) is 0 Å². The molecule has 1 nitrogen and oxygen atoms in total. The minimum Gasteiger partial charge on any atom is -0.390 e. The van der Waals surface area contributed by atoms with Crippen LogP contribution in [0.5, 0.6) is 0 Å². The van der Waals surface area contributed by atoms with E-state index in [1.807, 2.05) is 0 Å². The highest BCUT2D eigenvalue weighted by Gasteiger charge is 2.39. The zero-order valence-electron chi connectivity index (χ0n) is 9.47. The van der Waals surface area contributed by atoms with E-state index >= 15 is 0 Å². The van der Waals surface area contributed by atoms with Gasteiger partial charge in [0.05, 0.1) is 5.60 Å². The maximum atomic E-state index is 10.4. The van der Waals surface area contributed by atoms with Crippen molar-refractivity contribution in [2.24, 2.45) is 11.8 Å². The summed E-state index contributed by atoms with van der Waals surface area (Å²) in [5.41, 5.74) is -0.284. The van der Waals surface area contributed by atoms with Crippen molar-refractivity contribution in [1.29, 1.82) is 0 Å².